The summed E-state index contributed by atoms with van der Waals surface area (Å²) in [6.07, 6.45) is 1.43. The van der Waals surface area contributed by atoms with Gasteiger partial charge < -0.3 is 14.9 Å². The first-order valence-electron chi connectivity index (χ1n) is 9.43. The van der Waals surface area contributed by atoms with Gasteiger partial charge in [-0.1, -0.05) is 12.1 Å². The third-order valence-corrected chi connectivity index (χ3v) is 4.86. The van der Waals surface area contributed by atoms with Crippen LogP contribution in [-0.4, -0.2) is 58.0 Å². The number of hydrogen-bond donors (Lipinski definition) is 2. The Morgan fingerprint density at radius 3 is 2.36 bits per heavy atom. The minimum atomic E-state index is -1.02. The van der Waals surface area contributed by atoms with Crippen molar-refractivity contribution in [2.75, 3.05) is 26.2 Å². The molecule has 0 bridgehead atoms. The largest absolute Gasteiger partial charge is 0.491 e. The average Bonchev–Trinajstić information content (AvgIpc) is 2.67. The van der Waals surface area contributed by atoms with Gasteiger partial charge in [-0.15, -0.1) is 0 Å². The second-order valence-corrected chi connectivity index (χ2v) is 7.65. The van der Waals surface area contributed by atoms with E-state index >= 15 is 0 Å². The maximum absolute atomic E-state index is 10.7. The van der Waals surface area contributed by atoms with Crippen LogP contribution in [0.5, 0.6) is 5.75 Å². The Kier molecular flexibility index (Phi) is 6.28. The monoisotopic (exact) mass is 386 g/mol. The molecule has 150 valence electrons. The summed E-state index contributed by atoms with van der Waals surface area (Å²) in [5.74, 6) is 0.643. The Bertz CT molecular complexity index is 789. The molecule has 28 heavy (non-hydrogen) atoms. The molecule has 0 aliphatic carbocycles. The molecule has 3 rings (SSSR count). The van der Waals surface area contributed by atoms with Gasteiger partial charge in [0.15, 0.2) is 0 Å². The third-order valence-electron chi connectivity index (χ3n) is 4.86. The third kappa shape index (κ3) is 5.51. The molecule has 1 saturated heterocycles. The van der Waals surface area contributed by atoms with E-state index in [1.807, 2.05) is 24.3 Å². The molecule has 7 heteroatoms. The van der Waals surface area contributed by atoms with Crippen LogP contribution in [-0.2, 0) is 0 Å². The maximum atomic E-state index is 10.7. The average molecular weight is 386 g/mol. The number of rotatable bonds is 7. The van der Waals surface area contributed by atoms with Crippen LogP contribution < -0.4 is 4.74 Å². The van der Waals surface area contributed by atoms with E-state index in [9.17, 15) is 20.3 Å². The Hall–Kier alpha value is -2.48. The first kappa shape index (κ1) is 20.3. The van der Waals surface area contributed by atoms with E-state index in [4.69, 9.17) is 4.74 Å². The highest BCUT2D eigenvalue weighted by Crippen LogP contribution is 2.25. The van der Waals surface area contributed by atoms with Crippen LogP contribution in [0.2, 0.25) is 0 Å². The van der Waals surface area contributed by atoms with Crippen LogP contribution >= 0.6 is 0 Å². The maximum Gasteiger partial charge on any atom is 0.269 e. The van der Waals surface area contributed by atoms with Crippen LogP contribution in [0.1, 0.15) is 19.8 Å². The second kappa shape index (κ2) is 8.68. The van der Waals surface area contributed by atoms with Gasteiger partial charge in [0.25, 0.3) is 5.69 Å². The van der Waals surface area contributed by atoms with Crippen molar-refractivity contribution in [2.45, 2.75) is 31.5 Å². The molecule has 1 fully saturated rings. The molecule has 2 aromatic rings. The van der Waals surface area contributed by atoms with Gasteiger partial charge in [-0.3, -0.25) is 15.0 Å². The molecule has 0 aromatic heterocycles. The van der Waals surface area contributed by atoms with E-state index in [1.165, 1.54) is 12.1 Å². The number of piperidine rings is 1. The predicted octanol–water partition coefficient (Wildman–Crippen LogP) is 2.85. The van der Waals surface area contributed by atoms with E-state index in [0.717, 1.165) is 30.5 Å². The second-order valence-electron chi connectivity index (χ2n) is 7.65. The lowest BCUT2D eigenvalue weighted by Gasteiger charge is -2.35. The van der Waals surface area contributed by atoms with E-state index < -0.39 is 10.5 Å². The fourth-order valence-electron chi connectivity index (χ4n) is 3.46. The first-order valence-corrected chi connectivity index (χ1v) is 9.43. The van der Waals surface area contributed by atoms with Gasteiger partial charge in [-0.05, 0) is 61.7 Å². The molecule has 2 atom stereocenters. The van der Waals surface area contributed by atoms with E-state index in [2.05, 4.69) is 4.90 Å². The normalized spacial score (nSPS) is 19.8. The number of ether oxygens (including phenoxy) is 1. The highest BCUT2D eigenvalue weighted by atomic mass is 16.6. The zero-order chi connectivity index (χ0) is 20.1. The molecular formula is C21H26N2O5. The summed E-state index contributed by atoms with van der Waals surface area (Å²) >= 11 is 0. The number of β-amino-alcohol motifs (C(OH)–C–C–N with tert-alkyl or cyclic N) is 2. The summed E-state index contributed by atoms with van der Waals surface area (Å²) in [6.45, 7) is 3.79. The number of aliphatic hydroxyl groups is 2. The highest BCUT2D eigenvalue weighted by Gasteiger charge is 2.28. The number of nitro groups is 1. The molecule has 0 amide bonds. The smallest absolute Gasteiger partial charge is 0.269 e. The van der Waals surface area contributed by atoms with Crippen LogP contribution in [0.25, 0.3) is 11.1 Å². The van der Waals surface area contributed by atoms with Crippen molar-refractivity contribution in [2.24, 2.45) is 0 Å². The molecule has 1 heterocycles. The fraction of sp³-hybridized carbons (Fsp3) is 0.429. The molecule has 1 aliphatic rings. The van der Waals surface area contributed by atoms with Gasteiger partial charge in [0.05, 0.1) is 11.0 Å². The number of non-ortho nitro benzene ring substituents is 1. The molecule has 2 aromatic carbocycles. The van der Waals surface area contributed by atoms with Gasteiger partial charge in [0, 0.05) is 25.2 Å². The standard InChI is InChI=1S/C21H26N2O5/c1-21(25,14-22-12-2-3-19(24)13-22)15-28-20-10-6-17(7-11-20)16-4-8-18(9-5-16)23(26)27/h4-11,19,24-25H,2-3,12-15H2,1H3. The zero-order valence-corrected chi connectivity index (χ0v) is 16.0. The van der Waals surface area contributed by atoms with Crippen molar-refractivity contribution < 1.29 is 19.9 Å². The summed E-state index contributed by atoms with van der Waals surface area (Å²) < 4.78 is 5.75. The van der Waals surface area contributed by atoms with Crippen molar-refractivity contribution >= 4 is 5.69 Å². The Labute approximate surface area is 164 Å². The van der Waals surface area contributed by atoms with Crippen molar-refractivity contribution in [1.82, 2.24) is 4.90 Å². The van der Waals surface area contributed by atoms with Gasteiger partial charge in [0.1, 0.15) is 18.0 Å². The molecule has 0 spiro atoms. The van der Waals surface area contributed by atoms with Crippen molar-refractivity contribution in [3.8, 4) is 16.9 Å². The van der Waals surface area contributed by atoms with E-state index in [0.29, 0.717) is 18.8 Å². The predicted molar refractivity (Wildman–Crippen MR) is 106 cm³/mol. The lowest BCUT2D eigenvalue weighted by atomic mass is 10.0. The fourth-order valence-corrected chi connectivity index (χ4v) is 3.46. The van der Waals surface area contributed by atoms with Gasteiger partial charge in [0.2, 0.25) is 0 Å². The molecule has 0 saturated carbocycles. The number of likely N-dealkylation sites (tertiary alicyclic amines) is 1. The summed E-state index contributed by atoms with van der Waals surface area (Å²) in [5, 5.41) is 31.1. The number of nitrogens with zero attached hydrogens (tertiary/aromatic N) is 2. The van der Waals surface area contributed by atoms with E-state index in [-0.39, 0.29) is 18.4 Å². The Morgan fingerprint density at radius 2 is 1.79 bits per heavy atom. The number of aliphatic hydroxyl groups excluding tert-OH is 1. The summed E-state index contributed by atoms with van der Waals surface area (Å²) in [7, 11) is 0. The Morgan fingerprint density at radius 1 is 1.18 bits per heavy atom. The molecular weight excluding hydrogens is 360 g/mol. The van der Waals surface area contributed by atoms with Crippen LogP contribution in [0.15, 0.2) is 48.5 Å². The number of benzene rings is 2. The van der Waals surface area contributed by atoms with E-state index in [1.54, 1.807) is 19.1 Å². The molecule has 7 nitrogen and oxygen atoms in total. The van der Waals surface area contributed by atoms with Crippen LogP contribution in [0.4, 0.5) is 5.69 Å². The van der Waals surface area contributed by atoms with Gasteiger partial charge >= 0.3 is 0 Å². The lowest BCUT2D eigenvalue weighted by Crippen LogP contribution is -2.49. The molecule has 2 unspecified atom stereocenters. The SMILES string of the molecule is CC(O)(COc1ccc(-c2ccc([N+](=O)[O-])cc2)cc1)CN1CCCC(O)C1. The van der Waals surface area contributed by atoms with Crippen LogP contribution in [0, 0.1) is 10.1 Å². The van der Waals surface area contributed by atoms with Crippen molar-refractivity contribution in [3.63, 3.8) is 0 Å². The molecule has 2 N–H and O–H groups in total. The quantitative estimate of drug-likeness (QED) is 0.561. The van der Waals surface area contributed by atoms with Crippen molar-refractivity contribution in [3.05, 3.63) is 58.6 Å². The zero-order valence-electron chi connectivity index (χ0n) is 16.0. The first-order chi connectivity index (χ1) is 13.3. The minimum Gasteiger partial charge on any atom is -0.491 e. The summed E-state index contributed by atoms with van der Waals surface area (Å²) in [4.78, 5) is 12.4. The summed E-state index contributed by atoms with van der Waals surface area (Å²) in [5.41, 5.74) is 0.852. The number of nitro benzene ring substituents is 1. The van der Waals surface area contributed by atoms with Crippen molar-refractivity contribution in [1.29, 1.82) is 0 Å². The number of hydrogen-bond acceptors (Lipinski definition) is 6. The molecule has 1 aliphatic heterocycles. The van der Waals surface area contributed by atoms with Crippen LogP contribution in [0.3, 0.4) is 0 Å². The lowest BCUT2D eigenvalue weighted by molar-refractivity contribution is -0.384. The highest BCUT2D eigenvalue weighted by molar-refractivity contribution is 5.65. The Balaban J connectivity index is 1.55. The minimum absolute atomic E-state index is 0.0622. The molecule has 0 radical (unpaired) electrons. The summed E-state index contributed by atoms with van der Waals surface area (Å²) in [6, 6.07) is 13.8. The van der Waals surface area contributed by atoms with Gasteiger partial charge in [-0.2, -0.15) is 0 Å². The topological polar surface area (TPSA) is 96.1 Å². The van der Waals surface area contributed by atoms with Gasteiger partial charge in [-0.25, -0.2) is 0 Å².